The molecule has 0 spiro atoms. The summed E-state index contributed by atoms with van der Waals surface area (Å²) in [7, 11) is -3.58. The molecule has 3 aromatic heterocycles. The fourth-order valence-corrected chi connectivity index (χ4v) is 4.41. The van der Waals surface area contributed by atoms with Gasteiger partial charge >= 0.3 is 0 Å². The van der Waals surface area contributed by atoms with E-state index >= 15 is 0 Å². The Morgan fingerprint density at radius 2 is 2.16 bits per heavy atom. The second-order valence-electron chi connectivity index (χ2n) is 3.91. The average molecular weight is 314 g/mol. The summed E-state index contributed by atoms with van der Waals surface area (Å²) in [5, 5.41) is 5.87. The summed E-state index contributed by atoms with van der Waals surface area (Å²) < 4.78 is 28.3. The Bertz CT molecular complexity index is 830. The van der Waals surface area contributed by atoms with E-state index in [1.165, 1.54) is 11.3 Å². The van der Waals surface area contributed by atoms with E-state index < -0.39 is 10.0 Å². The van der Waals surface area contributed by atoms with Crippen LogP contribution < -0.4 is 4.72 Å². The molecule has 0 bridgehead atoms. The highest BCUT2D eigenvalue weighted by Gasteiger charge is 2.19. The molecule has 0 saturated carbocycles. The summed E-state index contributed by atoms with van der Waals surface area (Å²) in [6, 6.07) is 3.23. The maximum Gasteiger partial charge on any atom is 0.273 e. The molecule has 0 aliphatic rings. The quantitative estimate of drug-likeness (QED) is 0.804. The minimum absolute atomic E-state index is 0.0998. The van der Waals surface area contributed by atoms with E-state index in [0.29, 0.717) is 4.96 Å². The fraction of sp³-hybridized carbons (Fsp3) is 0.200. The Hall–Kier alpha value is -1.45. The summed E-state index contributed by atoms with van der Waals surface area (Å²) >= 11 is 2.63. The van der Waals surface area contributed by atoms with Gasteiger partial charge < -0.3 is 0 Å². The first kappa shape index (κ1) is 12.6. The molecule has 0 fully saturated rings. The third kappa shape index (κ3) is 2.13. The van der Waals surface area contributed by atoms with Crippen molar-refractivity contribution in [1.29, 1.82) is 0 Å². The lowest BCUT2D eigenvalue weighted by Crippen LogP contribution is -2.12. The Balaban J connectivity index is 1.98. The van der Waals surface area contributed by atoms with E-state index in [1.807, 2.05) is 13.8 Å². The molecule has 3 rings (SSSR count). The predicted molar refractivity (Wildman–Crippen MR) is 75.5 cm³/mol. The summed E-state index contributed by atoms with van der Waals surface area (Å²) in [6.45, 7) is 3.90. The van der Waals surface area contributed by atoms with Crippen molar-refractivity contribution in [1.82, 2.24) is 14.6 Å². The maximum atomic E-state index is 12.0. The predicted octanol–water partition coefficient (Wildman–Crippen LogP) is 2.27. The van der Waals surface area contributed by atoms with E-state index in [-0.39, 0.29) is 10.2 Å². The van der Waals surface area contributed by atoms with Crippen LogP contribution in [0.5, 0.6) is 0 Å². The molecule has 0 saturated heterocycles. The smallest absolute Gasteiger partial charge is 0.245 e. The minimum Gasteiger partial charge on any atom is -0.245 e. The van der Waals surface area contributed by atoms with Crippen LogP contribution in [0.2, 0.25) is 0 Å². The normalized spacial score (nSPS) is 12.1. The molecule has 6 nitrogen and oxygen atoms in total. The van der Waals surface area contributed by atoms with Gasteiger partial charge in [0, 0.05) is 4.88 Å². The zero-order valence-corrected chi connectivity index (χ0v) is 12.6. The maximum absolute atomic E-state index is 12.0. The second kappa shape index (κ2) is 4.29. The number of thiophene rings is 1. The number of aromatic nitrogens is 3. The third-order valence-electron chi connectivity index (χ3n) is 2.63. The van der Waals surface area contributed by atoms with Gasteiger partial charge in [0.1, 0.15) is 4.21 Å². The number of nitrogens with zero attached hydrogens (tertiary/aromatic N) is 3. The van der Waals surface area contributed by atoms with Crippen LogP contribution in [0.1, 0.15) is 10.6 Å². The lowest BCUT2D eigenvalue weighted by molar-refractivity contribution is 0.602. The number of fused-ring (bicyclic) bond motifs is 1. The average Bonchev–Trinajstić information content (AvgIpc) is 3.00. The van der Waals surface area contributed by atoms with E-state index in [2.05, 4.69) is 14.8 Å². The zero-order chi connectivity index (χ0) is 13.6. The minimum atomic E-state index is -3.58. The van der Waals surface area contributed by atoms with E-state index in [0.717, 1.165) is 21.9 Å². The zero-order valence-electron chi connectivity index (χ0n) is 10.1. The van der Waals surface area contributed by atoms with Gasteiger partial charge in [-0.25, -0.2) is 17.7 Å². The molecule has 0 amide bonds. The molecule has 9 heteroatoms. The summed E-state index contributed by atoms with van der Waals surface area (Å²) in [5.41, 5.74) is 0.967. The number of sulfonamides is 1. The second-order valence-corrected chi connectivity index (χ2v) is 7.95. The summed E-state index contributed by atoms with van der Waals surface area (Å²) in [5.74, 6) is 0.0998. The number of hydrogen-bond acceptors (Lipinski definition) is 6. The number of thiazole rings is 1. The SMILES string of the molecule is Cc1sc2nc(NS(=O)(=O)c3cccs3)nn2c1C. The topological polar surface area (TPSA) is 76.4 Å². The van der Waals surface area contributed by atoms with Crippen molar-refractivity contribution in [3.8, 4) is 0 Å². The van der Waals surface area contributed by atoms with Gasteiger partial charge in [0.2, 0.25) is 4.96 Å². The van der Waals surface area contributed by atoms with Crippen LogP contribution in [0.25, 0.3) is 4.96 Å². The molecule has 0 radical (unpaired) electrons. The first-order valence-electron chi connectivity index (χ1n) is 5.36. The van der Waals surface area contributed by atoms with Crippen LogP contribution in [0.15, 0.2) is 21.7 Å². The first-order chi connectivity index (χ1) is 8.97. The molecule has 3 aromatic rings. The van der Waals surface area contributed by atoms with Crippen LogP contribution >= 0.6 is 22.7 Å². The van der Waals surface area contributed by atoms with Crippen molar-refractivity contribution in [2.24, 2.45) is 0 Å². The van der Waals surface area contributed by atoms with Crippen LogP contribution in [0.4, 0.5) is 5.95 Å². The van der Waals surface area contributed by atoms with Gasteiger partial charge in [0.05, 0.1) is 5.69 Å². The fourth-order valence-electron chi connectivity index (χ4n) is 1.57. The number of nitrogens with one attached hydrogen (secondary N) is 1. The van der Waals surface area contributed by atoms with Crippen molar-refractivity contribution < 1.29 is 8.42 Å². The molecule has 100 valence electrons. The molecule has 19 heavy (non-hydrogen) atoms. The van der Waals surface area contributed by atoms with Crippen molar-refractivity contribution in [2.45, 2.75) is 18.1 Å². The van der Waals surface area contributed by atoms with Gasteiger partial charge in [-0.3, -0.25) is 0 Å². The Morgan fingerprint density at radius 1 is 1.37 bits per heavy atom. The molecule has 0 unspecified atom stereocenters. The van der Waals surface area contributed by atoms with E-state index in [9.17, 15) is 8.42 Å². The molecule has 0 atom stereocenters. The van der Waals surface area contributed by atoms with Crippen molar-refractivity contribution in [3.05, 3.63) is 28.1 Å². The van der Waals surface area contributed by atoms with Gasteiger partial charge in [-0.1, -0.05) is 17.4 Å². The van der Waals surface area contributed by atoms with Crippen molar-refractivity contribution >= 4 is 43.6 Å². The number of aryl methyl sites for hydroxylation is 2. The van der Waals surface area contributed by atoms with Crippen LogP contribution in [0, 0.1) is 13.8 Å². The molecular weight excluding hydrogens is 304 g/mol. The van der Waals surface area contributed by atoms with Crippen molar-refractivity contribution in [3.63, 3.8) is 0 Å². The van der Waals surface area contributed by atoms with E-state index in [1.54, 1.807) is 22.0 Å². The van der Waals surface area contributed by atoms with Crippen molar-refractivity contribution in [2.75, 3.05) is 4.72 Å². The monoisotopic (exact) mass is 314 g/mol. The highest BCUT2D eigenvalue weighted by atomic mass is 32.2. The summed E-state index contributed by atoms with van der Waals surface area (Å²) in [4.78, 5) is 5.97. The summed E-state index contributed by atoms with van der Waals surface area (Å²) in [6.07, 6.45) is 0. The lowest BCUT2D eigenvalue weighted by atomic mass is 10.4. The van der Waals surface area contributed by atoms with Crippen LogP contribution in [-0.4, -0.2) is 23.0 Å². The molecule has 0 aliphatic heterocycles. The van der Waals surface area contributed by atoms with Crippen LogP contribution in [-0.2, 0) is 10.0 Å². The largest absolute Gasteiger partial charge is 0.273 e. The molecular formula is C10H10N4O2S3. The van der Waals surface area contributed by atoms with Gasteiger partial charge in [0.25, 0.3) is 16.0 Å². The molecule has 0 aromatic carbocycles. The molecule has 1 N–H and O–H groups in total. The van der Waals surface area contributed by atoms with E-state index in [4.69, 9.17) is 0 Å². The Labute approximate surface area is 117 Å². The number of anilines is 1. The van der Waals surface area contributed by atoms with Gasteiger partial charge in [-0.15, -0.1) is 16.4 Å². The molecule has 0 aliphatic carbocycles. The first-order valence-corrected chi connectivity index (χ1v) is 8.54. The Kier molecular flexibility index (Phi) is 2.84. The lowest BCUT2D eigenvalue weighted by Gasteiger charge is -2.00. The van der Waals surface area contributed by atoms with Gasteiger partial charge in [0.15, 0.2) is 0 Å². The highest BCUT2D eigenvalue weighted by Crippen LogP contribution is 2.23. The Morgan fingerprint density at radius 3 is 2.79 bits per heavy atom. The molecule has 3 heterocycles. The van der Waals surface area contributed by atoms with Gasteiger partial charge in [-0.2, -0.15) is 4.98 Å². The highest BCUT2D eigenvalue weighted by molar-refractivity contribution is 7.94. The van der Waals surface area contributed by atoms with Crippen LogP contribution in [0.3, 0.4) is 0 Å². The van der Waals surface area contributed by atoms with Gasteiger partial charge in [-0.05, 0) is 25.3 Å². The number of hydrogen-bond donors (Lipinski definition) is 1. The number of rotatable bonds is 3. The standard InChI is InChI=1S/C10H10N4O2S3/c1-6-7(2)18-10-11-9(12-14(6)10)13-19(15,16)8-4-3-5-17-8/h3-5H,1-2H3,(H,12,13). The third-order valence-corrected chi connectivity index (χ3v) is 6.41.